The second-order valence-electron chi connectivity index (χ2n) is 5.14. The minimum absolute atomic E-state index is 0.148. The number of carbonyl (C=O) groups is 4. The number of hydrogen-bond acceptors (Lipinski definition) is 7. The maximum atomic E-state index is 11.0. The molecule has 1 aliphatic rings. The molecule has 0 radical (unpaired) electrons. The molecule has 0 aromatic carbocycles. The van der Waals surface area contributed by atoms with E-state index in [1.165, 1.54) is 0 Å². The Bertz CT molecular complexity index is 420. The minimum Gasteiger partial charge on any atom is -0.481 e. The highest BCUT2D eigenvalue weighted by Crippen LogP contribution is 2.21. The number of ether oxygens (including phenoxy) is 3. The van der Waals surface area contributed by atoms with Crippen molar-refractivity contribution in [1.29, 1.82) is 0 Å². The van der Waals surface area contributed by atoms with Gasteiger partial charge in [-0.2, -0.15) is 0 Å². The van der Waals surface area contributed by atoms with E-state index in [1.54, 1.807) is 27.7 Å². The Morgan fingerprint density at radius 3 is 1.69 bits per heavy atom. The Labute approximate surface area is 153 Å². The first-order valence-electron chi connectivity index (χ1n) is 8.64. The lowest BCUT2D eigenvalue weighted by molar-refractivity contribution is -0.179. The van der Waals surface area contributed by atoms with Gasteiger partial charge < -0.3 is 24.4 Å². The molecule has 1 heterocycles. The Balaban J connectivity index is 0. The first-order chi connectivity index (χ1) is 12.2. The van der Waals surface area contributed by atoms with E-state index in [2.05, 4.69) is 0 Å². The predicted octanol–water partition coefficient (Wildman–Crippen LogP) is 2.36. The van der Waals surface area contributed by atoms with Gasteiger partial charge in [-0.1, -0.05) is 27.7 Å². The molecule has 0 aromatic heterocycles. The van der Waals surface area contributed by atoms with Crippen molar-refractivity contribution in [3.05, 3.63) is 0 Å². The van der Waals surface area contributed by atoms with Crippen LogP contribution >= 0.6 is 0 Å². The van der Waals surface area contributed by atoms with Gasteiger partial charge in [0.25, 0.3) is 0 Å². The minimum atomic E-state index is -0.745. The van der Waals surface area contributed by atoms with Gasteiger partial charge in [-0.15, -0.1) is 0 Å². The van der Waals surface area contributed by atoms with E-state index in [-0.39, 0.29) is 37.5 Å². The third kappa shape index (κ3) is 16.7. The SMILES string of the molecule is CCC(=O)O.CCC(=O)O.CCC(=O)OCC1CCC(OC(=O)CC)O1. The molecule has 0 aliphatic carbocycles. The highest BCUT2D eigenvalue weighted by molar-refractivity contribution is 5.69. The van der Waals surface area contributed by atoms with Crippen LogP contribution in [0.25, 0.3) is 0 Å². The molecular formula is C17H30O9. The Hall–Kier alpha value is -2.16. The number of hydrogen-bond donors (Lipinski definition) is 2. The monoisotopic (exact) mass is 378 g/mol. The molecule has 2 unspecified atom stereocenters. The lowest BCUT2D eigenvalue weighted by Crippen LogP contribution is -2.22. The van der Waals surface area contributed by atoms with Crippen LogP contribution in [0.2, 0.25) is 0 Å². The van der Waals surface area contributed by atoms with Crippen LogP contribution in [0.3, 0.4) is 0 Å². The number of aliphatic carboxylic acids is 2. The fourth-order valence-corrected chi connectivity index (χ4v) is 1.40. The van der Waals surface area contributed by atoms with Crippen LogP contribution in [0.5, 0.6) is 0 Å². The van der Waals surface area contributed by atoms with Gasteiger partial charge in [0, 0.05) is 32.1 Å². The molecule has 1 saturated heterocycles. The highest BCUT2D eigenvalue weighted by atomic mass is 16.7. The lowest BCUT2D eigenvalue weighted by Gasteiger charge is -2.13. The van der Waals surface area contributed by atoms with Gasteiger partial charge in [-0.25, -0.2) is 0 Å². The molecule has 0 saturated carbocycles. The summed E-state index contributed by atoms with van der Waals surface area (Å²) in [5, 5.41) is 15.4. The van der Waals surface area contributed by atoms with Crippen LogP contribution in [-0.2, 0) is 33.4 Å². The van der Waals surface area contributed by atoms with Crippen molar-refractivity contribution >= 4 is 23.9 Å². The van der Waals surface area contributed by atoms with E-state index >= 15 is 0 Å². The van der Waals surface area contributed by atoms with Crippen molar-refractivity contribution < 1.29 is 43.6 Å². The Kier molecular flexibility index (Phi) is 16.4. The molecule has 1 aliphatic heterocycles. The molecular weight excluding hydrogens is 348 g/mol. The molecule has 9 heteroatoms. The molecule has 0 aromatic rings. The smallest absolute Gasteiger partial charge is 0.307 e. The number of carbonyl (C=O) groups excluding carboxylic acids is 2. The summed E-state index contributed by atoms with van der Waals surface area (Å²) >= 11 is 0. The standard InChI is InChI=1S/C11H18O5.2C3H6O2/c1-3-9(12)14-7-8-5-6-11(15-8)16-10(13)4-2;2*1-2-3(4)5/h8,11H,3-7H2,1-2H3;2*2H2,1H3,(H,4,5). The van der Waals surface area contributed by atoms with Gasteiger partial charge in [0.2, 0.25) is 6.29 Å². The van der Waals surface area contributed by atoms with Crippen molar-refractivity contribution in [3.63, 3.8) is 0 Å². The molecule has 152 valence electrons. The predicted molar refractivity (Wildman–Crippen MR) is 91.4 cm³/mol. The molecule has 0 bridgehead atoms. The van der Waals surface area contributed by atoms with Crippen molar-refractivity contribution in [2.24, 2.45) is 0 Å². The van der Waals surface area contributed by atoms with E-state index < -0.39 is 18.2 Å². The summed E-state index contributed by atoms with van der Waals surface area (Å²) in [6.07, 6.45) is 1.94. The highest BCUT2D eigenvalue weighted by Gasteiger charge is 2.28. The first kappa shape index (κ1) is 26.1. The van der Waals surface area contributed by atoms with Gasteiger partial charge in [0.15, 0.2) is 0 Å². The average Bonchev–Trinajstić information content (AvgIpc) is 3.07. The molecule has 1 fully saturated rings. The van der Waals surface area contributed by atoms with Gasteiger partial charge in [-0.05, 0) is 6.42 Å². The van der Waals surface area contributed by atoms with Gasteiger partial charge in [0.1, 0.15) is 6.61 Å². The van der Waals surface area contributed by atoms with Crippen molar-refractivity contribution in [2.45, 2.75) is 78.6 Å². The first-order valence-corrected chi connectivity index (χ1v) is 8.64. The number of carboxylic acid groups (broad SMARTS) is 2. The molecule has 9 nitrogen and oxygen atoms in total. The van der Waals surface area contributed by atoms with E-state index in [4.69, 9.17) is 24.4 Å². The largest absolute Gasteiger partial charge is 0.481 e. The van der Waals surface area contributed by atoms with Crippen molar-refractivity contribution in [2.75, 3.05) is 6.61 Å². The molecule has 0 amide bonds. The Morgan fingerprint density at radius 2 is 1.31 bits per heavy atom. The number of carboxylic acids is 2. The zero-order chi connectivity index (χ0) is 20.5. The maximum absolute atomic E-state index is 11.0. The van der Waals surface area contributed by atoms with Crippen molar-refractivity contribution in [1.82, 2.24) is 0 Å². The second kappa shape index (κ2) is 16.3. The third-order valence-corrected chi connectivity index (χ3v) is 2.94. The van der Waals surface area contributed by atoms with Gasteiger partial charge in [0.05, 0.1) is 6.10 Å². The van der Waals surface area contributed by atoms with Gasteiger partial charge >= 0.3 is 23.9 Å². The van der Waals surface area contributed by atoms with Crippen molar-refractivity contribution in [3.8, 4) is 0 Å². The van der Waals surface area contributed by atoms with E-state index in [0.29, 0.717) is 19.3 Å². The van der Waals surface area contributed by atoms with Crippen LogP contribution in [-0.4, -0.2) is 53.1 Å². The topological polar surface area (TPSA) is 136 Å². The molecule has 26 heavy (non-hydrogen) atoms. The third-order valence-electron chi connectivity index (χ3n) is 2.94. The fourth-order valence-electron chi connectivity index (χ4n) is 1.40. The summed E-state index contributed by atoms with van der Waals surface area (Å²) in [4.78, 5) is 40.6. The summed E-state index contributed by atoms with van der Waals surface area (Å²) in [5.74, 6) is -2.00. The van der Waals surface area contributed by atoms with Crippen LogP contribution in [0, 0.1) is 0 Å². The summed E-state index contributed by atoms with van der Waals surface area (Å²) in [6, 6.07) is 0. The summed E-state index contributed by atoms with van der Waals surface area (Å²) in [7, 11) is 0. The van der Waals surface area contributed by atoms with E-state index in [9.17, 15) is 19.2 Å². The molecule has 2 atom stereocenters. The number of esters is 2. The fraction of sp³-hybridized carbons (Fsp3) is 0.765. The van der Waals surface area contributed by atoms with E-state index in [1.807, 2.05) is 0 Å². The molecule has 1 rings (SSSR count). The molecule has 0 spiro atoms. The molecule has 2 N–H and O–H groups in total. The quantitative estimate of drug-likeness (QED) is 0.639. The number of rotatable bonds is 7. The van der Waals surface area contributed by atoms with Crippen LogP contribution in [0.4, 0.5) is 0 Å². The maximum Gasteiger partial charge on any atom is 0.307 e. The van der Waals surface area contributed by atoms with Crippen LogP contribution in [0.15, 0.2) is 0 Å². The normalized spacial score (nSPS) is 17.7. The Morgan fingerprint density at radius 1 is 0.846 bits per heavy atom. The summed E-state index contributed by atoms with van der Waals surface area (Å²) in [6.45, 7) is 6.92. The summed E-state index contributed by atoms with van der Waals surface area (Å²) < 4.78 is 15.4. The van der Waals surface area contributed by atoms with Crippen LogP contribution < -0.4 is 0 Å². The van der Waals surface area contributed by atoms with Gasteiger partial charge in [-0.3, -0.25) is 19.2 Å². The lowest BCUT2D eigenvalue weighted by atomic mass is 10.2. The second-order valence-corrected chi connectivity index (χ2v) is 5.14. The average molecular weight is 378 g/mol. The zero-order valence-corrected chi connectivity index (χ0v) is 15.9. The van der Waals surface area contributed by atoms with Crippen LogP contribution in [0.1, 0.15) is 66.2 Å². The van der Waals surface area contributed by atoms with E-state index in [0.717, 1.165) is 6.42 Å². The zero-order valence-electron chi connectivity index (χ0n) is 15.9. The summed E-state index contributed by atoms with van der Waals surface area (Å²) in [5.41, 5.74) is 0.